The van der Waals surface area contributed by atoms with E-state index in [1.807, 2.05) is 6.92 Å². The first kappa shape index (κ1) is 14.8. The molecular weight excluding hydrogens is 300 g/mol. The largest absolute Gasteiger partial charge is 0.481 e. The normalized spacial score (nSPS) is 19.6. The van der Waals surface area contributed by atoms with Gasteiger partial charge in [0.1, 0.15) is 0 Å². The van der Waals surface area contributed by atoms with Crippen molar-refractivity contribution in [2.45, 2.75) is 26.2 Å². The highest BCUT2D eigenvalue weighted by Gasteiger charge is 2.44. The Hall–Kier alpha value is -2.15. The number of hydrogen-bond acceptors (Lipinski definition) is 6. The van der Waals surface area contributed by atoms with Crippen molar-refractivity contribution in [3.8, 4) is 5.88 Å². The lowest BCUT2D eigenvalue weighted by molar-refractivity contribution is -0.121. The highest BCUT2D eigenvalue weighted by Crippen LogP contribution is 2.49. The van der Waals surface area contributed by atoms with Gasteiger partial charge in [0.15, 0.2) is 0 Å². The molecule has 0 saturated heterocycles. The lowest BCUT2D eigenvalue weighted by atomic mass is 10.2. The smallest absolute Gasteiger partial charge is 0.245 e. The first-order chi connectivity index (χ1) is 10.6. The number of hydrogen-bond donors (Lipinski definition) is 2. The molecule has 0 spiro atoms. The zero-order chi connectivity index (χ0) is 15.7. The molecule has 2 N–H and O–H groups in total. The van der Waals surface area contributed by atoms with Crippen molar-refractivity contribution in [1.29, 1.82) is 0 Å². The lowest BCUT2D eigenvalue weighted by Gasteiger charge is -2.08. The number of carbonyl (C=O) groups excluding carboxylic acids is 1. The van der Waals surface area contributed by atoms with E-state index in [2.05, 4.69) is 39.9 Å². The van der Waals surface area contributed by atoms with Crippen LogP contribution in [0.25, 0.3) is 0 Å². The Morgan fingerprint density at radius 3 is 2.86 bits per heavy atom. The molecule has 0 bridgehead atoms. The van der Waals surface area contributed by atoms with Crippen LogP contribution in [-0.2, 0) is 4.79 Å². The molecule has 0 radical (unpaired) electrons. The molecule has 0 aliphatic heterocycles. The van der Waals surface area contributed by atoms with Crippen molar-refractivity contribution < 1.29 is 9.53 Å². The predicted molar refractivity (Wildman–Crippen MR) is 85.0 cm³/mol. The molecule has 1 saturated carbocycles. The first-order valence-corrected chi connectivity index (χ1v) is 7.90. The van der Waals surface area contributed by atoms with Gasteiger partial charge in [-0.25, -0.2) is 4.98 Å². The van der Waals surface area contributed by atoms with Crippen LogP contribution in [0, 0.1) is 19.8 Å². The number of rotatable bonds is 5. The van der Waals surface area contributed by atoms with Crippen molar-refractivity contribution in [3.05, 3.63) is 33.6 Å². The predicted octanol–water partition coefficient (Wildman–Crippen LogP) is 2.41. The van der Waals surface area contributed by atoms with E-state index in [4.69, 9.17) is 4.74 Å². The molecule has 6 nitrogen and oxygen atoms in total. The number of anilines is 1. The standard InChI is InChI=1S/C15H18N4O2S/c1-8-6-13(21-3)17-15(16-8)19-18-14(20)11-7-10(11)12-5-4-9(2)22-12/h4-6,10-11H,7H2,1-3H3,(H,18,20)(H,16,17,19)/t10-,11-/m0/s1. The molecule has 0 aromatic carbocycles. The van der Waals surface area contributed by atoms with Gasteiger partial charge in [-0.15, -0.1) is 11.3 Å². The van der Waals surface area contributed by atoms with Gasteiger partial charge in [-0.3, -0.25) is 15.6 Å². The second-order valence-electron chi connectivity index (χ2n) is 5.39. The van der Waals surface area contributed by atoms with Crippen LogP contribution in [0.15, 0.2) is 18.2 Å². The monoisotopic (exact) mass is 318 g/mol. The molecule has 7 heteroatoms. The molecule has 22 heavy (non-hydrogen) atoms. The maximum absolute atomic E-state index is 12.2. The Bertz CT molecular complexity index is 701. The van der Waals surface area contributed by atoms with Gasteiger partial charge in [-0.1, -0.05) is 0 Å². The maximum atomic E-state index is 12.2. The van der Waals surface area contributed by atoms with Gasteiger partial charge >= 0.3 is 0 Å². The number of methoxy groups -OCH3 is 1. The van der Waals surface area contributed by atoms with Gasteiger partial charge < -0.3 is 4.74 Å². The van der Waals surface area contributed by atoms with Gasteiger partial charge in [-0.2, -0.15) is 4.98 Å². The summed E-state index contributed by atoms with van der Waals surface area (Å²) in [5.74, 6) is 1.13. The average molecular weight is 318 g/mol. The Kier molecular flexibility index (Phi) is 3.98. The zero-order valence-electron chi connectivity index (χ0n) is 12.7. The van der Waals surface area contributed by atoms with Crippen molar-refractivity contribution in [1.82, 2.24) is 15.4 Å². The summed E-state index contributed by atoms with van der Waals surface area (Å²) in [6.07, 6.45) is 0.894. The van der Waals surface area contributed by atoms with Crippen molar-refractivity contribution in [2.24, 2.45) is 5.92 Å². The van der Waals surface area contributed by atoms with E-state index >= 15 is 0 Å². The second kappa shape index (κ2) is 5.92. The minimum Gasteiger partial charge on any atom is -0.481 e. The fraction of sp³-hybridized carbons (Fsp3) is 0.400. The molecule has 1 aliphatic carbocycles. The molecule has 2 atom stereocenters. The van der Waals surface area contributed by atoms with E-state index in [1.54, 1.807) is 24.5 Å². The fourth-order valence-corrected chi connectivity index (χ4v) is 3.42. The number of hydrazine groups is 1. The van der Waals surface area contributed by atoms with Gasteiger partial charge in [0.25, 0.3) is 0 Å². The van der Waals surface area contributed by atoms with Crippen molar-refractivity contribution >= 4 is 23.2 Å². The van der Waals surface area contributed by atoms with Crippen LogP contribution in [0.5, 0.6) is 5.88 Å². The molecule has 1 aliphatic rings. The van der Waals surface area contributed by atoms with Crippen LogP contribution in [0.4, 0.5) is 5.95 Å². The minimum atomic E-state index is -0.0277. The highest BCUT2D eigenvalue weighted by atomic mass is 32.1. The Labute approximate surface area is 132 Å². The van der Waals surface area contributed by atoms with Crippen LogP contribution in [0.2, 0.25) is 0 Å². The number of amides is 1. The van der Waals surface area contributed by atoms with Gasteiger partial charge in [0, 0.05) is 33.4 Å². The van der Waals surface area contributed by atoms with Crippen LogP contribution in [-0.4, -0.2) is 23.0 Å². The third-order valence-electron chi connectivity index (χ3n) is 3.59. The summed E-state index contributed by atoms with van der Waals surface area (Å²) in [6.45, 7) is 3.92. The fourth-order valence-electron chi connectivity index (χ4n) is 2.36. The Balaban J connectivity index is 1.56. The van der Waals surface area contributed by atoms with Crippen LogP contribution in [0.3, 0.4) is 0 Å². The molecule has 2 heterocycles. The molecule has 116 valence electrons. The lowest BCUT2D eigenvalue weighted by Crippen LogP contribution is -2.32. The summed E-state index contributed by atoms with van der Waals surface area (Å²) in [4.78, 5) is 23.0. The number of carbonyl (C=O) groups is 1. The van der Waals surface area contributed by atoms with E-state index in [9.17, 15) is 4.79 Å². The Morgan fingerprint density at radius 2 is 2.18 bits per heavy atom. The first-order valence-electron chi connectivity index (χ1n) is 7.08. The van der Waals surface area contributed by atoms with E-state index in [0.717, 1.165) is 12.1 Å². The number of aromatic nitrogens is 2. The summed E-state index contributed by atoms with van der Waals surface area (Å²) < 4.78 is 5.08. The quantitative estimate of drug-likeness (QED) is 0.828. The van der Waals surface area contributed by atoms with Gasteiger partial charge in [-0.05, 0) is 32.4 Å². The minimum absolute atomic E-state index is 0.0252. The van der Waals surface area contributed by atoms with Crippen LogP contribution in [0.1, 0.15) is 27.8 Å². The van der Waals surface area contributed by atoms with E-state index in [1.165, 1.54) is 9.75 Å². The number of nitrogens with zero attached hydrogens (tertiary/aromatic N) is 2. The molecule has 3 rings (SSSR count). The third kappa shape index (κ3) is 3.19. The van der Waals surface area contributed by atoms with Crippen molar-refractivity contribution in [2.75, 3.05) is 12.5 Å². The second-order valence-corrected chi connectivity index (χ2v) is 6.71. The highest BCUT2D eigenvalue weighted by molar-refractivity contribution is 7.12. The molecule has 1 fully saturated rings. The number of thiophene rings is 1. The average Bonchev–Trinajstić information content (AvgIpc) is 3.19. The van der Waals surface area contributed by atoms with Crippen molar-refractivity contribution in [3.63, 3.8) is 0 Å². The molecule has 2 aromatic heterocycles. The van der Waals surface area contributed by atoms with E-state index in [0.29, 0.717) is 17.7 Å². The summed E-state index contributed by atoms with van der Waals surface area (Å²) in [6, 6.07) is 5.93. The molecule has 1 amide bonds. The molecular formula is C15H18N4O2S. The maximum Gasteiger partial charge on any atom is 0.245 e. The summed E-state index contributed by atoms with van der Waals surface area (Å²) >= 11 is 1.76. The van der Waals surface area contributed by atoms with Gasteiger partial charge in [0.2, 0.25) is 17.7 Å². The third-order valence-corrected chi connectivity index (χ3v) is 4.72. The van der Waals surface area contributed by atoms with Crippen LogP contribution >= 0.6 is 11.3 Å². The molecule has 0 unspecified atom stereocenters. The summed E-state index contributed by atoms with van der Waals surface area (Å²) in [5, 5.41) is 0. The Morgan fingerprint density at radius 1 is 1.36 bits per heavy atom. The number of aryl methyl sites for hydroxylation is 2. The summed E-state index contributed by atoms with van der Waals surface area (Å²) in [5.41, 5.74) is 6.21. The van der Waals surface area contributed by atoms with Gasteiger partial charge in [0.05, 0.1) is 7.11 Å². The zero-order valence-corrected chi connectivity index (χ0v) is 13.5. The number of nitrogens with one attached hydrogen (secondary N) is 2. The van der Waals surface area contributed by atoms with E-state index in [-0.39, 0.29) is 11.8 Å². The number of ether oxygens (including phenoxy) is 1. The summed E-state index contributed by atoms with van der Waals surface area (Å²) in [7, 11) is 1.54. The van der Waals surface area contributed by atoms with E-state index < -0.39 is 0 Å². The SMILES string of the molecule is COc1cc(C)nc(NNC(=O)[C@H]2C[C@@H]2c2ccc(C)s2)n1. The van der Waals surface area contributed by atoms with Crippen LogP contribution < -0.4 is 15.6 Å². The topological polar surface area (TPSA) is 76.1 Å². The molecule has 2 aromatic rings.